The van der Waals surface area contributed by atoms with Crippen LogP contribution in [0.4, 0.5) is 0 Å². The minimum absolute atomic E-state index is 0.00875. The molecule has 28 heavy (non-hydrogen) atoms. The predicted molar refractivity (Wildman–Crippen MR) is 100 cm³/mol. The second kappa shape index (κ2) is 8.47. The van der Waals surface area contributed by atoms with Crippen LogP contribution in [0.5, 0.6) is 0 Å². The average molecular weight is 380 g/mol. The minimum atomic E-state index is -0.728. The van der Waals surface area contributed by atoms with Gasteiger partial charge >= 0.3 is 5.97 Å². The molecule has 0 radical (unpaired) electrons. The molecule has 1 N–H and O–H groups in total. The van der Waals surface area contributed by atoms with Crippen LogP contribution in [-0.4, -0.2) is 41.7 Å². The van der Waals surface area contributed by atoms with E-state index in [1.54, 1.807) is 55.5 Å². The van der Waals surface area contributed by atoms with Crippen molar-refractivity contribution in [3.8, 4) is 0 Å². The highest BCUT2D eigenvalue weighted by Gasteiger charge is 2.36. The monoisotopic (exact) mass is 380 g/mol. The molecule has 7 nitrogen and oxygen atoms in total. The molecule has 0 bridgehead atoms. The number of nitrogens with one attached hydrogen (secondary N) is 1. The van der Waals surface area contributed by atoms with Crippen LogP contribution >= 0.6 is 0 Å². The fraction of sp³-hybridized carbons (Fsp3) is 0.238. The molecule has 0 aliphatic carbocycles. The maximum Gasteiger partial charge on any atom is 0.311 e. The van der Waals surface area contributed by atoms with E-state index in [0.29, 0.717) is 11.1 Å². The Balaban J connectivity index is 1.53. The van der Waals surface area contributed by atoms with E-state index < -0.39 is 17.8 Å². The molecular formula is C21H20N2O5. The number of rotatable bonds is 6. The van der Waals surface area contributed by atoms with Gasteiger partial charge in [0.15, 0.2) is 12.4 Å². The number of benzene rings is 2. The number of amides is 2. The Labute approximate surface area is 162 Å². The van der Waals surface area contributed by atoms with E-state index in [-0.39, 0.29) is 31.3 Å². The molecule has 1 aliphatic heterocycles. The van der Waals surface area contributed by atoms with Crippen LogP contribution in [-0.2, 0) is 14.3 Å². The second-order valence-corrected chi connectivity index (χ2v) is 6.56. The lowest BCUT2D eigenvalue weighted by Crippen LogP contribution is -2.43. The first kappa shape index (κ1) is 19.3. The van der Waals surface area contributed by atoms with E-state index in [4.69, 9.17) is 4.74 Å². The van der Waals surface area contributed by atoms with Crippen molar-refractivity contribution in [2.75, 3.05) is 13.2 Å². The van der Waals surface area contributed by atoms with Crippen molar-refractivity contribution in [3.05, 3.63) is 71.3 Å². The molecule has 1 atom stereocenters. The summed E-state index contributed by atoms with van der Waals surface area (Å²) in [6.07, 6.45) is -0.0770. The lowest BCUT2D eigenvalue weighted by Gasteiger charge is -2.18. The van der Waals surface area contributed by atoms with Gasteiger partial charge < -0.3 is 4.74 Å². The number of hydrogen-bond donors (Lipinski definition) is 1. The van der Waals surface area contributed by atoms with Crippen LogP contribution in [0.2, 0.25) is 0 Å². The van der Waals surface area contributed by atoms with Crippen LogP contribution in [0.1, 0.15) is 32.7 Å². The van der Waals surface area contributed by atoms with E-state index in [1.807, 2.05) is 6.07 Å². The van der Waals surface area contributed by atoms with E-state index in [9.17, 15) is 19.2 Å². The van der Waals surface area contributed by atoms with Gasteiger partial charge in [0.1, 0.15) is 0 Å². The van der Waals surface area contributed by atoms with Crippen LogP contribution in [0.15, 0.2) is 54.6 Å². The molecule has 0 unspecified atom stereocenters. The van der Waals surface area contributed by atoms with Crippen molar-refractivity contribution >= 4 is 23.6 Å². The van der Waals surface area contributed by atoms with Gasteiger partial charge in [-0.1, -0.05) is 48.5 Å². The largest absolute Gasteiger partial charge is 0.457 e. The minimum Gasteiger partial charge on any atom is -0.457 e. The predicted octanol–water partition coefficient (Wildman–Crippen LogP) is 1.91. The van der Waals surface area contributed by atoms with Crippen molar-refractivity contribution in [2.24, 2.45) is 5.92 Å². The Morgan fingerprint density at radius 1 is 1.07 bits per heavy atom. The number of Topliss-reactive ketones (excluding diaryl/α,β-unsaturated/α-hetero) is 1. The van der Waals surface area contributed by atoms with Gasteiger partial charge in [0.05, 0.1) is 12.5 Å². The van der Waals surface area contributed by atoms with E-state index in [1.165, 1.54) is 0 Å². The number of hydrogen-bond acceptors (Lipinski definition) is 5. The normalized spacial score (nSPS) is 16.0. The summed E-state index contributed by atoms with van der Waals surface area (Å²) < 4.78 is 5.07. The van der Waals surface area contributed by atoms with Gasteiger partial charge in [-0.3, -0.25) is 29.6 Å². The molecular weight excluding hydrogens is 360 g/mol. The Hall–Kier alpha value is -3.48. The lowest BCUT2D eigenvalue weighted by atomic mass is 10.1. The molecule has 1 heterocycles. The van der Waals surface area contributed by atoms with Crippen molar-refractivity contribution in [1.29, 1.82) is 0 Å². The van der Waals surface area contributed by atoms with Crippen LogP contribution < -0.4 is 5.43 Å². The van der Waals surface area contributed by atoms with Gasteiger partial charge in [-0.05, 0) is 18.6 Å². The molecule has 144 valence electrons. The molecule has 0 aromatic heterocycles. The van der Waals surface area contributed by atoms with Crippen molar-refractivity contribution < 1.29 is 23.9 Å². The first-order chi connectivity index (χ1) is 13.5. The lowest BCUT2D eigenvalue weighted by molar-refractivity contribution is -0.147. The number of hydrazine groups is 1. The summed E-state index contributed by atoms with van der Waals surface area (Å²) in [5.74, 6) is -2.47. The first-order valence-corrected chi connectivity index (χ1v) is 8.87. The SMILES string of the molecule is Cc1ccccc1C(=O)NN1C[C@H](C(=O)OCC(=O)c2ccccc2)CC1=O. The number of esters is 1. The molecule has 2 aromatic carbocycles. The number of nitrogens with zero attached hydrogens (tertiary/aromatic N) is 1. The number of carbonyl (C=O) groups is 4. The van der Waals surface area contributed by atoms with Crippen LogP contribution in [0, 0.1) is 12.8 Å². The highest BCUT2D eigenvalue weighted by atomic mass is 16.5. The fourth-order valence-electron chi connectivity index (χ4n) is 2.95. The summed E-state index contributed by atoms with van der Waals surface area (Å²) in [5, 5.41) is 1.12. The second-order valence-electron chi connectivity index (χ2n) is 6.56. The zero-order chi connectivity index (χ0) is 20.1. The Morgan fingerprint density at radius 2 is 1.75 bits per heavy atom. The third kappa shape index (κ3) is 4.43. The molecule has 0 spiro atoms. The molecule has 1 fully saturated rings. The molecule has 1 aliphatic rings. The smallest absolute Gasteiger partial charge is 0.311 e. The zero-order valence-corrected chi connectivity index (χ0v) is 15.4. The zero-order valence-electron chi connectivity index (χ0n) is 15.4. The molecule has 7 heteroatoms. The number of aryl methyl sites for hydroxylation is 1. The van der Waals surface area contributed by atoms with Crippen molar-refractivity contribution in [1.82, 2.24) is 10.4 Å². The third-order valence-corrected chi connectivity index (χ3v) is 4.53. The highest BCUT2D eigenvalue weighted by Crippen LogP contribution is 2.18. The van der Waals surface area contributed by atoms with Crippen LogP contribution in [0.3, 0.4) is 0 Å². The van der Waals surface area contributed by atoms with Gasteiger partial charge in [0, 0.05) is 17.5 Å². The Bertz CT molecular complexity index is 910. The van der Waals surface area contributed by atoms with Gasteiger partial charge in [0.2, 0.25) is 5.91 Å². The van der Waals surface area contributed by atoms with Crippen LogP contribution in [0.25, 0.3) is 0 Å². The summed E-state index contributed by atoms with van der Waals surface area (Å²) in [5.41, 5.74) is 4.21. The highest BCUT2D eigenvalue weighted by molar-refractivity contribution is 5.99. The Morgan fingerprint density at radius 3 is 2.46 bits per heavy atom. The van der Waals surface area contributed by atoms with Gasteiger partial charge in [-0.25, -0.2) is 0 Å². The number of carbonyl (C=O) groups excluding carboxylic acids is 4. The molecule has 1 saturated heterocycles. The maximum absolute atomic E-state index is 12.3. The third-order valence-electron chi connectivity index (χ3n) is 4.53. The molecule has 3 rings (SSSR count). The number of ketones is 1. The summed E-state index contributed by atoms with van der Waals surface area (Å²) in [7, 11) is 0. The van der Waals surface area contributed by atoms with Crippen molar-refractivity contribution in [3.63, 3.8) is 0 Å². The van der Waals surface area contributed by atoms with Gasteiger partial charge in [-0.15, -0.1) is 0 Å². The first-order valence-electron chi connectivity index (χ1n) is 8.87. The summed E-state index contributed by atoms with van der Waals surface area (Å²) in [4.78, 5) is 48.7. The molecule has 2 amide bonds. The van der Waals surface area contributed by atoms with Gasteiger partial charge in [0.25, 0.3) is 5.91 Å². The van der Waals surface area contributed by atoms with E-state index in [2.05, 4.69) is 5.43 Å². The maximum atomic E-state index is 12.3. The van der Waals surface area contributed by atoms with Gasteiger partial charge in [-0.2, -0.15) is 0 Å². The topological polar surface area (TPSA) is 92.8 Å². The Kier molecular flexibility index (Phi) is 5.84. The average Bonchev–Trinajstić information content (AvgIpc) is 3.07. The van der Waals surface area contributed by atoms with E-state index in [0.717, 1.165) is 10.6 Å². The van der Waals surface area contributed by atoms with E-state index >= 15 is 0 Å². The summed E-state index contributed by atoms with van der Waals surface area (Å²) in [6, 6.07) is 15.5. The summed E-state index contributed by atoms with van der Waals surface area (Å²) >= 11 is 0. The van der Waals surface area contributed by atoms with Crippen molar-refractivity contribution in [2.45, 2.75) is 13.3 Å². The number of ether oxygens (including phenoxy) is 1. The molecule has 0 saturated carbocycles. The molecule has 2 aromatic rings. The standard InChI is InChI=1S/C21H20N2O5/c1-14-7-5-6-10-17(14)20(26)22-23-12-16(11-19(23)25)21(27)28-13-18(24)15-8-3-2-4-9-15/h2-10,16H,11-13H2,1H3,(H,22,26)/t16-/m1/s1. The fourth-order valence-corrected chi connectivity index (χ4v) is 2.95. The summed E-state index contributed by atoms with van der Waals surface area (Å²) in [6.45, 7) is 1.42. The quantitative estimate of drug-likeness (QED) is 0.610.